The first-order valence-corrected chi connectivity index (χ1v) is 6.66. The molecular weight excluding hydrogens is 299 g/mol. The molecule has 84 valence electrons. The van der Waals surface area contributed by atoms with Gasteiger partial charge in [0.25, 0.3) is 0 Å². The summed E-state index contributed by atoms with van der Waals surface area (Å²) < 4.78 is 1.24. The van der Waals surface area contributed by atoms with Gasteiger partial charge in [0.05, 0.1) is 6.10 Å². The van der Waals surface area contributed by atoms with Crippen LogP contribution < -0.4 is 0 Å². The van der Waals surface area contributed by atoms with E-state index in [2.05, 4.69) is 60.7 Å². The molecular formula is C13H19IO. The average Bonchev–Trinajstić information content (AvgIpc) is 2.24. The maximum atomic E-state index is 9.99. The van der Waals surface area contributed by atoms with Crippen molar-refractivity contribution < 1.29 is 5.11 Å². The predicted molar refractivity (Wildman–Crippen MR) is 73.1 cm³/mol. The summed E-state index contributed by atoms with van der Waals surface area (Å²) in [7, 11) is 0. The molecule has 0 fully saturated rings. The second-order valence-electron chi connectivity index (χ2n) is 4.05. The van der Waals surface area contributed by atoms with E-state index in [1.807, 2.05) is 0 Å². The number of hydrogen-bond donors (Lipinski definition) is 1. The van der Waals surface area contributed by atoms with E-state index in [1.165, 1.54) is 9.13 Å². The second kappa shape index (κ2) is 6.48. The Morgan fingerprint density at radius 2 is 2.13 bits per heavy atom. The molecule has 15 heavy (non-hydrogen) atoms. The molecule has 0 aromatic heterocycles. The number of halogens is 1. The smallest absolute Gasteiger partial charge is 0.0606 e. The maximum absolute atomic E-state index is 9.99. The van der Waals surface area contributed by atoms with Crippen LogP contribution in [0.3, 0.4) is 0 Å². The molecule has 2 atom stereocenters. The quantitative estimate of drug-likeness (QED) is 0.815. The van der Waals surface area contributed by atoms with Gasteiger partial charge in [-0.1, -0.05) is 38.8 Å². The Balaban J connectivity index is 2.62. The Bertz CT molecular complexity index is 298. The number of aliphatic hydroxyl groups excluding tert-OH is 1. The van der Waals surface area contributed by atoms with Crippen molar-refractivity contribution in [3.8, 4) is 0 Å². The summed E-state index contributed by atoms with van der Waals surface area (Å²) in [5.74, 6) is 0.242. The van der Waals surface area contributed by atoms with Crippen molar-refractivity contribution in [2.75, 3.05) is 0 Å². The largest absolute Gasteiger partial charge is 0.393 e. The highest BCUT2D eigenvalue weighted by molar-refractivity contribution is 14.1. The van der Waals surface area contributed by atoms with Crippen molar-refractivity contribution in [1.29, 1.82) is 0 Å². The lowest BCUT2D eigenvalue weighted by atomic mass is 9.92. The second-order valence-corrected chi connectivity index (χ2v) is 5.30. The summed E-state index contributed by atoms with van der Waals surface area (Å²) in [6.45, 7) is 4.26. The average molecular weight is 318 g/mol. The third-order valence-electron chi connectivity index (χ3n) is 2.81. The zero-order chi connectivity index (χ0) is 11.3. The summed E-state index contributed by atoms with van der Waals surface area (Å²) >= 11 is 2.31. The lowest BCUT2D eigenvalue weighted by molar-refractivity contribution is 0.137. The van der Waals surface area contributed by atoms with Gasteiger partial charge in [-0.05, 0) is 46.7 Å². The van der Waals surface area contributed by atoms with Crippen LogP contribution in [0.4, 0.5) is 0 Å². The van der Waals surface area contributed by atoms with Gasteiger partial charge in [-0.15, -0.1) is 0 Å². The molecule has 1 nitrogen and oxygen atoms in total. The molecule has 0 radical (unpaired) electrons. The first-order chi connectivity index (χ1) is 7.15. The third kappa shape index (κ3) is 4.11. The standard InChI is InChI=1S/C13H19IO/c1-3-4-8-13(15)10(2)11-6-5-7-12(14)9-11/h5-7,9-10,13,15H,3-4,8H2,1-2H3/t10-,13-/m0/s1. The normalized spacial score (nSPS) is 14.9. The molecule has 0 heterocycles. The molecule has 0 unspecified atom stereocenters. The SMILES string of the molecule is CCCC[C@H](O)[C@@H](C)c1cccc(I)c1. The van der Waals surface area contributed by atoms with Crippen LogP contribution in [0.2, 0.25) is 0 Å². The minimum atomic E-state index is -0.205. The van der Waals surface area contributed by atoms with E-state index < -0.39 is 0 Å². The van der Waals surface area contributed by atoms with Crippen LogP contribution in [0.5, 0.6) is 0 Å². The molecule has 0 aliphatic carbocycles. The summed E-state index contributed by atoms with van der Waals surface area (Å²) in [6, 6.07) is 8.39. The van der Waals surface area contributed by atoms with Gasteiger partial charge in [0, 0.05) is 9.49 Å². The molecule has 0 amide bonds. The summed E-state index contributed by atoms with van der Waals surface area (Å²) in [6.07, 6.45) is 2.96. The molecule has 0 bridgehead atoms. The van der Waals surface area contributed by atoms with E-state index in [0.717, 1.165) is 19.3 Å². The molecule has 0 aliphatic heterocycles. The van der Waals surface area contributed by atoms with Gasteiger partial charge in [0.1, 0.15) is 0 Å². The van der Waals surface area contributed by atoms with Crippen molar-refractivity contribution in [3.05, 3.63) is 33.4 Å². The molecule has 0 saturated heterocycles. The van der Waals surface area contributed by atoms with Crippen molar-refractivity contribution in [2.45, 2.75) is 45.1 Å². The Kier molecular flexibility index (Phi) is 5.61. The minimum Gasteiger partial charge on any atom is -0.393 e. The molecule has 1 aromatic rings. The lowest BCUT2D eigenvalue weighted by Crippen LogP contribution is -2.15. The van der Waals surface area contributed by atoms with Crippen LogP contribution in [0.1, 0.15) is 44.6 Å². The van der Waals surface area contributed by atoms with Crippen molar-refractivity contribution in [2.24, 2.45) is 0 Å². The van der Waals surface area contributed by atoms with Gasteiger partial charge in [-0.2, -0.15) is 0 Å². The van der Waals surface area contributed by atoms with E-state index in [4.69, 9.17) is 0 Å². The number of unbranched alkanes of at least 4 members (excludes halogenated alkanes) is 1. The zero-order valence-corrected chi connectivity index (χ0v) is 11.6. The topological polar surface area (TPSA) is 20.2 Å². The van der Waals surface area contributed by atoms with E-state index in [1.54, 1.807) is 0 Å². The molecule has 1 rings (SSSR count). The van der Waals surface area contributed by atoms with Gasteiger partial charge >= 0.3 is 0 Å². The van der Waals surface area contributed by atoms with Gasteiger partial charge in [-0.25, -0.2) is 0 Å². The number of benzene rings is 1. The van der Waals surface area contributed by atoms with Gasteiger partial charge in [0.2, 0.25) is 0 Å². The van der Waals surface area contributed by atoms with Gasteiger partial charge < -0.3 is 5.11 Å². The molecule has 1 N–H and O–H groups in total. The number of aliphatic hydroxyl groups is 1. The summed E-state index contributed by atoms with van der Waals surface area (Å²) in [4.78, 5) is 0. The molecule has 1 aromatic carbocycles. The van der Waals surface area contributed by atoms with Crippen molar-refractivity contribution in [3.63, 3.8) is 0 Å². The first kappa shape index (κ1) is 13.0. The molecule has 0 saturated carbocycles. The molecule has 2 heteroatoms. The molecule has 0 spiro atoms. The van der Waals surface area contributed by atoms with Crippen LogP contribution in [-0.2, 0) is 0 Å². The molecule has 0 aliphatic rings. The van der Waals surface area contributed by atoms with Crippen LogP contribution in [0.15, 0.2) is 24.3 Å². The Morgan fingerprint density at radius 3 is 2.73 bits per heavy atom. The van der Waals surface area contributed by atoms with Crippen LogP contribution in [-0.4, -0.2) is 11.2 Å². The summed E-state index contributed by atoms with van der Waals surface area (Å²) in [5.41, 5.74) is 1.24. The highest BCUT2D eigenvalue weighted by Gasteiger charge is 2.15. The van der Waals surface area contributed by atoms with Crippen LogP contribution in [0.25, 0.3) is 0 Å². The maximum Gasteiger partial charge on any atom is 0.0606 e. The summed E-state index contributed by atoms with van der Waals surface area (Å²) in [5, 5.41) is 9.99. The zero-order valence-electron chi connectivity index (χ0n) is 9.41. The van der Waals surface area contributed by atoms with Crippen LogP contribution in [0, 0.1) is 3.57 Å². The van der Waals surface area contributed by atoms with E-state index >= 15 is 0 Å². The van der Waals surface area contributed by atoms with Crippen LogP contribution >= 0.6 is 22.6 Å². The fraction of sp³-hybridized carbons (Fsp3) is 0.538. The monoisotopic (exact) mass is 318 g/mol. The Hall–Kier alpha value is -0.0900. The van der Waals surface area contributed by atoms with E-state index in [0.29, 0.717) is 0 Å². The van der Waals surface area contributed by atoms with Crippen molar-refractivity contribution in [1.82, 2.24) is 0 Å². The highest BCUT2D eigenvalue weighted by Crippen LogP contribution is 2.23. The fourth-order valence-electron chi connectivity index (χ4n) is 1.68. The Morgan fingerprint density at radius 1 is 1.40 bits per heavy atom. The van der Waals surface area contributed by atoms with Crippen molar-refractivity contribution >= 4 is 22.6 Å². The van der Waals surface area contributed by atoms with Gasteiger partial charge in [-0.3, -0.25) is 0 Å². The van der Waals surface area contributed by atoms with E-state index in [9.17, 15) is 5.11 Å². The number of rotatable bonds is 5. The minimum absolute atomic E-state index is 0.205. The third-order valence-corrected chi connectivity index (χ3v) is 3.48. The van der Waals surface area contributed by atoms with E-state index in [-0.39, 0.29) is 12.0 Å². The Labute approximate surface area is 106 Å². The fourth-order valence-corrected chi connectivity index (χ4v) is 2.24. The predicted octanol–water partition coefficient (Wildman–Crippen LogP) is 3.95. The lowest BCUT2D eigenvalue weighted by Gasteiger charge is -2.19. The first-order valence-electron chi connectivity index (χ1n) is 5.58. The van der Waals surface area contributed by atoms with Gasteiger partial charge in [0.15, 0.2) is 0 Å². The highest BCUT2D eigenvalue weighted by atomic mass is 127. The number of hydrogen-bond acceptors (Lipinski definition) is 1.